The maximum Gasteiger partial charge on any atom is 0.461 e. The van der Waals surface area contributed by atoms with Gasteiger partial charge in [0, 0.05) is 11.6 Å². The normalized spacial score (nSPS) is 13.8. The van der Waals surface area contributed by atoms with E-state index in [2.05, 4.69) is 4.74 Å². The molecule has 0 saturated carbocycles. The Morgan fingerprint density at radius 1 is 1.15 bits per heavy atom. The monoisotopic (exact) mass is 293 g/mol. The van der Waals surface area contributed by atoms with E-state index in [0.717, 1.165) is 6.42 Å². The number of para-hydroxylation sites is 1. The highest BCUT2D eigenvalue weighted by atomic mass is 19.3. The maximum absolute atomic E-state index is 13.0. The van der Waals surface area contributed by atoms with Gasteiger partial charge in [-0.1, -0.05) is 32.0 Å². The van der Waals surface area contributed by atoms with Crippen LogP contribution in [0.3, 0.4) is 0 Å². The molecule has 0 saturated heterocycles. The lowest BCUT2D eigenvalue weighted by Crippen LogP contribution is -2.34. The molecule has 0 aliphatic carbocycles. The van der Waals surface area contributed by atoms with Crippen LogP contribution in [0.2, 0.25) is 0 Å². The molecule has 0 amide bonds. The first-order valence-electron chi connectivity index (χ1n) is 6.43. The van der Waals surface area contributed by atoms with Gasteiger partial charge in [-0.2, -0.15) is 17.6 Å². The quantitative estimate of drug-likeness (QED) is 0.758. The zero-order chi connectivity index (χ0) is 15.3. The highest BCUT2D eigenvalue weighted by Gasteiger charge is 2.44. The minimum absolute atomic E-state index is 0.297. The summed E-state index contributed by atoms with van der Waals surface area (Å²) >= 11 is 0. The average molecular weight is 293 g/mol. The first kappa shape index (κ1) is 16.8. The van der Waals surface area contributed by atoms with Gasteiger partial charge in [-0.05, 0) is 24.8 Å². The van der Waals surface area contributed by atoms with Crippen LogP contribution >= 0.6 is 0 Å². The van der Waals surface area contributed by atoms with Crippen LogP contribution in [-0.2, 0) is 0 Å². The van der Waals surface area contributed by atoms with E-state index in [1.165, 1.54) is 18.2 Å². The molecule has 2 N–H and O–H groups in total. The summed E-state index contributed by atoms with van der Waals surface area (Å²) in [5.41, 5.74) is 6.24. The summed E-state index contributed by atoms with van der Waals surface area (Å²) in [6.45, 7) is 4.03. The fraction of sp³-hybridized carbons (Fsp3) is 0.571. The lowest BCUT2D eigenvalue weighted by Gasteiger charge is -2.21. The molecule has 6 heteroatoms. The summed E-state index contributed by atoms with van der Waals surface area (Å²) < 4.78 is 54.5. The number of rotatable bonds is 7. The molecule has 0 fully saturated rings. The number of benzene rings is 1. The van der Waals surface area contributed by atoms with E-state index in [1.807, 2.05) is 13.8 Å². The number of hydrogen-bond acceptors (Lipinski definition) is 2. The molecule has 1 atom stereocenters. The second-order valence-corrected chi connectivity index (χ2v) is 5.08. The van der Waals surface area contributed by atoms with Crippen molar-refractivity contribution in [2.45, 2.75) is 45.3 Å². The predicted octanol–water partition coefficient (Wildman–Crippen LogP) is 4.36. The summed E-state index contributed by atoms with van der Waals surface area (Å²) in [5.74, 6) is 0.116. The molecule has 0 spiro atoms. The van der Waals surface area contributed by atoms with E-state index in [1.54, 1.807) is 6.07 Å². The summed E-state index contributed by atoms with van der Waals surface area (Å²) in [6.07, 6.45) is -7.03. The number of nitrogens with two attached hydrogens (primary N) is 1. The molecular weight excluding hydrogens is 274 g/mol. The zero-order valence-corrected chi connectivity index (χ0v) is 11.5. The van der Waals surface area contributed by atoms with Gasteiger partial charge >= 0.3 is 12.5 Å². The summed E-state index contributed by atoms with van der Waals surface area (Å²) in [4.78, 5) is 0. The fourth-order valence-corrected chi connectivity index (χ4v) is 1.74. The van der Waals surface area contributed by atoms with Crippen LogP contribution in [0.15, 0.2) is 24.3 Å². The lowest BCUT2D eigenvalue weighted by molar-refractivity contribution is -0.253. The second kappa shape index (κ2) is 6.92. The van der Waals surface area contributed by atoms with Gasteiger partial charge in [0.2, 0.25) is 0 Å². The van der Waals surface area contributed by atoms with Gasteiger partial charge in [-0.15, -0.1) is 0 Å². The fourth-order valence-electron chi connectivity index (χ4n) is 1.74. The Bertz CT molecular complexity index is 423. The van der Waals surface area contributed by atoms with Gasteiger partial charge in [0.15, 0.2) is 0 Å². The van der Waals surface area contributed by atoms with E-state index in [9.17, 15) is 17.6 Å². The maximum atomic E-state index is 13.0. The van der Waals surface area contributed by atoms with Gasteiger partial charge in [0.1, 0.15) is 5.75 Å². The topological polar surface area (TPSA) is 35.2 Å². The Hall–Kier alpha value is -1.30. The van der Waals surface area contributed by atoms with Crippen LogP contribution in [0.25, 0.3) is 0 Å². The van der Waals surface area contributed by atoms with Crippen molar-refractivity contribution in [1.82, 2.24) is 0 Å². The van der Waals surface area contributed by atoms with Crippen LogP contribution in [0.1, 0.15) is 38.3 Å². The third-order valence-corrected chi connectivity index (χ3v) is 2.87. The molecule has 0 heterocycles. The van der Waals surface area contributed by atoms with Crippen LogP contribution in [0, 0.1) is 5.92 Å². The van der Waals surface area contributed by atoms with E-state index in [-0.39, 0.29) is 5.75 Å². The minimum atomic E-state index is -4.52. The van der Waals surface area contributed by atoms with E-state index in [0.29, 0.717) is 17.9 Å². The molecule has 0 aliphatic rings. The first-order chi connectivity index (χ1) is 9.24. The molecule has 0 unspecified atom stereocenters. The Morgan fingerprint density at radius 3 is 2.30 bits per heavy atom. The molecule has 20 heavy (non-hydrogen) atoms. The van der Waals surface area contributed by atoms with Crippen LogP contribution in [0.5, 0.6) is 5.75 Å². The van der Waals surface area contributed by atoms with Crippen LogP contribution in [0.4, 0.5) is 17.6 Å². The molecule has 0 bridgehead atoms. The van der Waals surface area contributed by atoms with Crippen molar-refractivity contribution in [2.75, 3.05) is 0 Å². The molecule has 1 aromatic rings. The number of alkyl halides is 4. The Kier molecular flexibility index (Phi) is 5.80. The van der Waals surface area contributed by atoms with Gasteiger partial charge in [0.25, 0.3) is 0 Å². The van der Waals surface area contributed by atoms with Crippen molar-refractivity contribution < 1.29 is 22.3 Å². The standard InChI is InChI=1S/C14H19F4NO/c1-9(2)7-8-11(19)10-5-3-4-6-12(10)20-14(17,18)13(15)16/h3-6,9,11,13H,7-8,19H2,1-2H3/t11-/m1/s1. The third-order valence-electron chi connectivity index (χ3n) is 2.87. The molecule has 0 radical (unpaired) electrons. The average Bonchev–Trinajstić information content (AvgIpc) is 2.36. The van der Waals surface area contributed by atoms with Crippen molar-refractivity contribution in [3.8, 4) is 5.75 Å². The molecular formula is C14H19F4NO. The lowest BCUT2D eigenvalue weighted by atomic mass is 9.98. The van der Waals surface area contributed by atoms with Gasteiger partial charge in [-0.25, -0.2) is 0 Å². The summed E-state index contributed by atoms with van der Waals surface area (Å²) in [6, 6.07) is 5.26. The highest BCUT2D eigenvalue weighted by Crippen LogP contribution is 2.33. The molecule has 0 aromatic heterocycles. The summed E-state index contributed by atoms with van der Waals surface area (Å²) in [5, 5.41) is 0. The largest absolute Gasteiger partial charge is 0.461 e. The van der Waals surface area contributed by atoms with E-state index >= 15 is 0 Å². The second-order valence-electron chi connectivity index (χ2n) is 5.08. The molecule has 1 rings (SSSR count). The first-order valence-corrected chi connectivity index (χ1v) is 6.43. The van der Waals surface area contributed by atoms with E-state index < -0.39 is 18.6 Å². The number of halogens is 4. The van der Waals surface area contributed by atoms with Crippen molar-refractivity contribution in [3.05, 3.63) is 29.8 Å². The smallest absolute Gasteiger partial charge is 0.428 e. The summed E-state index contributed by atoms with van der Waals surface area (Å²) in [7, 11) is 0. The molecule has 2 nitrogen and oxygen atoms in total. The SMILES string of the molecule is CC(C)CC[C@@H](N)c1ccccc1OC(F)(F)C(F)F. The van der Waals surface area contributed by atoms with Crippen molar-refractivity contribution >= 4 is 0 Å². The van der Waals surface area contributed by atoms with Crippen LogP contribution in [-0.4, -0.2) is 12.5 Å². The number of hydrogen-bond donors (Lipinski definition) is 1. The van der Waals surface area contributed by atoms with Gasteiger partial charge < -0.3 is 10.5 Å². The molecule has 114 valence electrons. The van der Waals surface area contributed by atoms with Crippen molar-refractivity contribution in [3.63, 3.8) is 0 Å². The Labute approximate surface area is 115 Å². The van der Waals surface area contributed by atoms with Gasteiger partial charge in [-0.3, -0.25) is 0 Å². The zero-order valence-electron chi connectivity index (χ0n) is 11.5. The van der Waals surface area contributed by atoms with Gasteiger partial charge in [0.05, 0.1) is 0 Å². The number of ether oxygens (including phenoxy) is 1. The van der Waals surface area contributed by atoms with Crippen LogP contribution < -0.4 is 10.5 Å². The minimum Gasteiger partial charge on any atom is -0.428 e. The van der Waals surface area contributed by atoms with Crippen molar-refractivity contribution in [2.24, 2.45) is 11.7 Å². The Morgan fingerprint density at radius 2 is 1.75 bits per heavy atom. The molecule has 1 aromatic carbocycles. The molecule has 0 aliphatic heterocycles. The predicted molar refractivity (Wildman–Crippen MR) is 69.0 cm³/mol. The highest BCUT2D eigenvalue weighted by molar-refractivity contribution is 5.36. The third kappa shape index (κ3) is 4.67. The van der Waals surface area contributed by atoms with Crippen molar-refractivity contribution in [1.29, 1.82) is 0 Å². The van der Waals surface area contributed by atoms with E-state index in [4.69, 9.17) is 5.73 Å². The Balaban J connectivity index is 2.88.